The van der Waals surface area contributed by atoms with Gasteiger partial charge < -0.3 is 20.7 Å². The summed E-state index contributed by atoms with van der Waals surface area (Å²) in [6, 6.07) is 1.86. The van der Waals surface area contributed by atoms with Crippen molar-refractivity contribution in [3.63, 3.8) is 0 Å². The molecule has 0 spiro atoms. The number of pyridine rings is 1. The molecule has 1 saturated heterocycles. The molecular weight excluding hydrogens is 486 g/mol. The van der Waals surface area contributed by atoms with Crippen molar-refractivity contribution in [3.8, 4) is 0 Å². The predicted octanol–water partition coefficient (Wildman–Crippen LogP) is 2.68. The van der Waals surface area contributed by atoms with E-state index in [2.05, 4.69) is 59.8 Å². The molecule has 1 aliphatic heterocycles. The average Bonchev–Trinajstić information content (AvgIpc) is 3.42. The van der Waals surface area contributed by atoms with Gasteiger partial charge in [0.05, 0.1) is 60.2 Å². The van der Waals surface area contributed by atoms with Crippen molar-refractivity contribution in [2.24, 2.45) is 12.5 Å². The Balaban J connectivity index is 1.28. The van der Waals surface area contributed by atoms with E-state index in [0.29, 0.717) is 42.8 Å². The van der Waals surface area contributed by atoms with Crippen molar-refractivity contribution in [1.29, 1.82) is 0 Å². The number of amides is 1. The molecule has 0 radical (unpaired) electrons. The Morgan fingerprint density at radius 1 is 1.13 bits per heavy atom. The van der Waals surface area contributed by atoms with Crippen LogP contribution in [-0.2, 0) is 23.1 Å². The van der Waals surface area contributed by atoms with E-state index in [4.69, 9.17) is 4.74 Å². The number of aryl methyl sites for hydroxylation is 2. The minimum Gasteiger partial charge on any atom is -0.383 e. The van der Waals surface area contributed by atoms with Crippen molar-refractivity contribution in [3.05, 3.63) is 36.5 Å². The van der Waals surface area contributed by atoms with E-state index in [-0.39, 0.29) is 11.3 Å². The molecule has 0 atom stereocenters. The van der Waals surface area contributed by atoms with E-state index in [1.807, 2.05) is 26.2 Å². The molecule has 3 N–H and O–H groups in total. The number of anilines is 5. The molecule has 4 aromatic heterocycles. The summed E-state index contributed by atoms with van der Waals surface area (Å²) in [4.78, 5) is 28.2. The number of methoxy groups -OCH3 is 1. The summed E-state index contributed by atoms with van der Waals surface area (Å²) >= 11 is 0. The van der Waals surface area contributed by atoms with Crippen LogP contribution >= 0.6 is 0 Å². The van der Waals surface area contributed by atoms with Gasteiger partial charge in [0.2, 0.25) is 11.9 Å². The molecule has 1 amide bonds. The van der Waals surface area contributed by atoms with Crippen molar-refractivity contribution < 1.29 is 9.53 Å². The number of ether oxygens (including phenoxy) is 1. The molecule has 5 rings (SSSR count). The Hall–Kier alpha value is -4.10. The number of nitrogens with zero attached hydrogens (tertiary/aromatic N) is 8. The molecule has 0 aromatic carbocycles. The lowest BCUT2D eigenvalue weighted by Gasteiger charge is -2.45. The van der Waals surface area contributed by atoms with Crippen LogP contribution < -0.4 is 16.0 Å². The standard InChI is InChI=1S/C25H33N11O2/c1-16-20(8-17(9-26-16)29-21(37)13-35-14-25(2,3)15-35)31-22-19-11-27-24(32-23(19)34(4)33-22)30-18-10-28-36(12-18)6-7-38-5/h8-12H,6-7,13-15H2,1-5H3,(H,29,37)(H,31,33)(H,27,30,32). The Labute approximate surface area is 220 Å². The maximum absolute atomic E-state index is 12.5. The van der Waals surface area contributed by atoms with Crippen LogP contribution in [-0.4, -0.2) is 78.7 Å². The largest absolute Gasteiger partial charge is 0.383 e. The number of aromatic nitrogens is 7. The van der Waals surface area contributed by atoms with Crippen molar-refractivity contribution >= 4 is 45.8 Å². The van der Waals surface area contributed by atoms with Gasteiger partial charge in [-0.2, -0.15) is 15.2 Å². The quantitative estimate of drug-likeness (QED) is 0.286. The highest BCUT2D eigenvalue weighted by molar-refractivity contribution is 5.93. The van der Waals surface area contributed by atoms with Crippen LogP contribution in [0.3, 0.4) is 0 Å². The van der Waals surface area contributed by atoms with E-state index in [0.717, 1.165) is 35.5 Å². The first kappa shape index (κ1) is 25.5. The topological polar surface area (TPSA) is 140 Å². The molecule has 38 heavy (non-hydrogen) atoms. The van der Waals surface area contributed by atoms with E-state index < -0.39 is 0 Å². The number of nitrogens with one attached hydrogen (secondary N) is 3. The molecule has 13 nitrogen and oxygen atoms in total. The van der Waals surface area contributed by atoms with Crippen LogP contribution in [0.4, 0.5) is 28.8 Å². The van der Waals surface area contributed by atoms with Crippen LogP contribution in [0.15, 0.2) is 30.9 Å². The van der Waals surface area contributed by atoms with E-state index in [1.54, 1.807) is 35.1 Å². The van der Waals surface area contributed by atoms with Gasteiger partial charge in [0, 0.05) is 39.6 Å². The molecule has 0 aliphatic carbocycles. The highest BCUT2D eigenvalue weighted by Gasteiger charge is 2.34. The highest BCUT2D eigenvalue weighted by Crippen LogP contribution is 2.29. The molecule has 0 bridgehead atoms. The summed E-state index contributed by atoms with van der Waals surface area (Å²) < 4.78 is 8.57. The van der Waals surface area contributed by atoms with Gasteiger partial charge >= 0.3 is 0 Å². The first-order valence-corrected chi connectivity index (χ1v) is 12.4. The summed E-state index contributed by atoms with van der Waals surface area (Å²) in [6.45, 7) is 9.74. The van der Waals surface area contributed by atoms with Crippen LogP contribution in [0.1, 0.15) is 19.5 Å². The van der Waals surface area contributed by atoms with Gasteiger partial charge in [-0.1, -0.05) is 13.8 Å². The second-order valence-corrected chi connectivity index (χ2v) is 10.4. The maximum atomic E-state index is 12.5. The van der Waals surface area contributed by atoms with Gasteiger partial charge in [0.1, 0.15) is 0 Å². The molecular formula is C25H33N11O2. The van der Waals surface area contributed by atoms with Gasteiger partial charge in [-0.25, -0.2) is 9.67 Å². The summed E-state index contributed by atoms with van der Waals surface area (Å²) in [5.74, 6) is 0.974. The third-order valence-electron chi connectivity index (χ3n) is 6.29. The average molecular weight is 520 g/mol. The lowest BCUT2D eigenvalue weighted by molar-refractivity contribution is -0.120. The molecule has 13 heteroatoms. The second kappa shape index (κ2) is 10.3. The minimum absolute atomic E-state index is 0.0574. The lowest BCUT2D eigenvalue weighted by Crippen LogP contribution is -2.54. The van der Waals surface area contributed by atoms with E-state index >= 15 is 0 Å². The maximum Gasteiger partial charge on any atom is 0.238 e. The first-order chi connectivity index (χ1) is 18.2. The predicted molar refractivity (Wildman–Crippen MR) is 145 cm³/mol. The molecule has 0 unspecified atom stereocenters. The van der Waals surface area contributed by atoms with Crippen LogP contribution in [0.5, 0.6) is 0 Å². The Morgan fingerprint density at radius 2 is 1.95 bits per heavy atom. The number of rotatable bonds is 10. The molecule has 1 aliphatic rings. The first-order valence-electron chi connectivity index (χ1n) is 12.4. The van der Waals surface area contributed by atoms with Crippen molar-refractivity contribution in [2.45, 2.75) is 27.3 Å². The summed E-state index contributed by atoms with van der Waals surface area (Å²) in [7, 11) is 3.48. The summed E-state index contributed by atoms with van der Waals surface area (Å²) in [6.07, 6.45) is 6.96. The number of hydrogen-bond acceptors (Lipinski definition) is 10. The Bertz CT molecular complexity index is 1450. The smallest absolute Gasteiger partial charge is 0.238 e. The molecule has 0 saturated carbocycles. The third kappa shape index (κ3) is 5.73. The van der Waals surface area contributed by atoms with Gasteiger partial charge in [0.25, 0.3) is 0 Å². The van der Waals surface area contributed by atoms with Crippen molar-refractivity contribution in [2.75, 3.05) is 49.3 Å². The van der Waals surface area contributed by atoms with Gasteiger partial charge in [-0.05, 0) is 18.4 Å². The zero-order valence-electron chi connectivity index (χ0n) is 22.3. The number of hydrogen-bond donors (Lipinski definition) is 3. The van der Waals surface area contributed by atoms with Crippen LogP contribution in [0.2, 0.25) is 0 Å². The van der Waals surface area contributed by atoms with Crippen LogP contribution in [0, 0.1) is 12.3 Å². The summed E-state index contributed by atoms with van der Waals surface area (Å²) in [5, 5.41) is 19.1. The zero-order valence-corrected chi connectivity index (χ0v) is 22.3. The fourth-order valence-electron chi connectivity index (χ4n) is 4.59. The normalized spacial score (nSPS) is 14.9. The number of fused-ring (bicyclic) bond motifs is 1. The fourth-order valence-corrected chi connectivity index (χ4v) is 4.59. The molecule has 200 valence electrons. The second-order valence-electron chi connectivity index (χ2n) is 10.4. The molecule has 5 heterocycles. The van der Waals surface area contributed by atoms with Gasteiger partial charge in [-0.15, -0.1) is 0 Å². The summed E-state index contributed by atoms with van der Waals surface area (Å²) in [5.41, 5.74) is 3.84. The lowest BCUT2D eigenvalue weighted by atomic mass is 9.84. The fraction of sp³-hybridized carbons (Fsp3) is 0.440. The Kier molecular flexibility index (Phi) is 6.95. The van der Waals surface area contributed by atoms with Gasteiger partial charge in [0.15, 0.2) is 11.5 Å². The molecule has 1 fully saturated rings. The third-order valence-corrected chi connectivity index (χ3v) is 6.29. The SMILES string of the molecule is COCCn1cc(Nc2ncc3c(Nc4cc(NC(=O)CN5CC(C)(C)C5)cnc4C)nn(C)c3n2)cn1. The molecule has 4 aromatic rings. The monoisotopic (exact) mass is 519 g/mol. The van der Waals surface area contributed by atoms with E-state index in [9.17, 15) is 4.79 Å². The van der Waals surface area contributed by atoms with E-state index in [1.165, 1.54) is 0 Å². The van der Waals surface area contributed by atoms with Crippen LogP contribution in [0.25, 0.3) is 11.0 Å². The number of likely N-dealkylation sites (tertiary alicyclic amines) is 1. The van der Waals surface area contributed by atoms with Gasteiger partial charge in [-0.3, -0.25) is 19.4 Å². The van der Waals surface area contributed by atoms with Crippen molar-refractivity contribution in [1.82, 2.24) is 39.4 Å². The Morgan fingerprint density at radius 3 is 2.71 bits per heavy atom. The number of carbonyl (C=O) groups excluding carboxylic acids is 1. The minimum atomic E-state index is -0.0574. The highest BCUT2D eigenvalue weighted by atomic mass is 16.5. The number of carbonyl (C=O) groups is 1. The zero-order chi connectivity index (χ0) is 26.9.